The van der Waals surface area contributed by atoms with E-state index in [4.69, 9.17) is 5.73 Å². The fourth-order valence-corrected chi connectivity index (χ4v) is 5.20. The Morgan fingerprint density at radius 2 is 1.81 bits per heavy atom. The average molecular weight is 470 g/mol. The summed E-state index contributed by atoms with van der Waals surface area (Å²) in [5.74, 6) is -0.685. The first-order chi connectivity index (χ1) is 15.0. The molecule has 0 bridgehead atoms. The minimum Gasteiger partial charge on any atom is -0.399 e. The number of nitrogens with two attached hydrogens (primary N) is 1. The van der Waals surface area contributed by atoms with Crippen LogP contribution >= 0.6 is 15.9 Å². The Labute approximate surface area is 190 Å². The Morgan fingerprint density at radius 3 is 2.45 bits per heavy atom. The van der Waals surface area contributed by atoms with Gasteiger partial charge in [-0.2, -0.15) is 15.8 Å². The van der Waals surface area contributed by atoms with Gasteiger partial charge < -0.3 is 5.73 Å². The highest BCUT2D eigenvalue weighted by Gasteiger charge is 2.54. The van der Waals surface area contributed by atoms with E-state index in [1.165, 1.54) is 5.56 Å². The summed E-state index contributed by atoms with van der Waals surface area (Å²) in [6.07, 6.45) is 2.03. The van der Waals surface area contributed by atoms with Gasteiger partial charge in [0.25, 0.3) is 0 Å². The molecule has 0 fully saturated rings. The third-order valence-corrected chi connectivity index (χ3v) is 6.69. The third-order valence-electron chi connectivity index (χ3n) is 6.20. The minimum absolute atomic E-state index is 0.0592. The van der Waals surface area contributed by atoms with Gasteiger partial charge in [0.2, 0.25) is 0 Å². The smallest absolute Gasteiger partial charge is 0.191 e. The molecular weight excluding hydrogens is 450 g/mol. The number of benzene rings is 2. The second-order valence-electron chi connectivity index (χ2n) is 7.91. The molecule has 0 unspecified atom stereocenters. The van der Waals surface area contributed by atoms with Crippen LogP contribution in [0.3, 0.4) is 0 Å². The van der Waals surface area contributed by atoms with E-state index in [-0.39, 0.29) is 17.2 Å². The zero-order valence-electron chi connectivity index (χ0n) is 16.8. The molecule has 152 valence electrons. The van der Waals surface area contributed by atoms with E-state index in [1.807, 2.05) is 48.5 Å². The highest BCUT2D eigenvalue weighted by atomic mass is 79.9. The molecule has 0 radical (unpaired) electrons. The van der Waals surface area contributed by atoms with Crippen molar-refractivity contribution in [3.05, 3.63) is 93.1 Å². The van der Waals surface area contributed by atoms with Crippen molar-refractivity contribution in [1.29, 1.82) is 15.8 Å². The van der Waals surface area contributed by atoms with E-state index in [2.05, 4.69) is 51.2 Å². The quantitative estimate of drug-likeness (QED) is 0.718. The largest absolute Gasteiger partial charge is 0.399 e. The van der Waals surface area contributed by atoms with Crippen LogP contribution in [0.25, 0.3) is 0 Å². The maximum absolute atomic E-state index is 10.2. The molecule has 2 N–H and O–H groups in total. The van der Waals surface area contributed by atoms with Gasteiger partial charge in [-0.25, -0.2) is 0 Å². The maximum atomic E-state index is 10.2. The summed E-state index contributed by atoms with van der Waals surface area (Å²) < 4.78 is 0.867. The van der Waals surface area contributed by atoms with E-state index in [0.717, 1.165) is 22.2 Å². The van der Waals surface area contributed by atoms with Crippen LogP contribution < -0.4 is 5.73 Å². The first-order valence-electron chi connectivity index (χ1n) is 9.99. The number of allylic oxidation sites excluding steroid dienone is 2. The van der Waals surface area contributed by atoms with Gasteiger partial charge in [0.1, 0.15) is 6.07 Å². The van der Waals surface area contributed by atoms with Gasteiger partial charge in [-0.15, -0.1) is 0 Å². The number of halogens is 1. The van der Waals surface area contributed by atoms with E-state index >= 15 is 0 Å². The molecule has 2 aliphatic rings. The Balaban J connectivity index is 1.85. The van der Waals surface area contributed by atoms with Crippen molar-refractivity contribution in [2.45, 2.75) is 12.5 Å². The Kier molecular flexibility index (Phi) is 5.66. The topological polar surface area (TPSA) is 101 Å². The monoisotopic (exact) mass is 469 g/mol. The third kappa shape index (κ3) is 3.53. The molecule has 1 heterocycles. The van der Waals surface area contributed by atoms with Crippen molar-refractivity contribution in [2.24, 2.45) is 17.1 Å². The number of hydrogen-bond acceptors (Lipinski definition) is 5. The molecule has 5 nitrogen and oxygen atoms in total. The van der Waals surface area contributed by atoms with Crippen LogP contribution in [0.5, 0.6) is 0 Å². The van der Waals surface area contributed by atoms with Gasteiger partial charge in [0.05, 0.1) is 23.4 Å². The van der Waals surface area contributed by atoms with Gasteiger partial charge in [0, 0.05) is 35.9 Å². The van der Waals surface area contributed by atoms with Gasteiger partial charge in [-0.3, -0.25) is 4.90 Å². The fraction of sp³-hybridized carbons (Fsp3) is 0.240. The predicted octanol–water partition coefficient (Wildman–Crippen LogP) is 4.37. The molecule has 2 aromatic rings. The molecule has 1 aliphatic heterocycles. The summed E-state index contributed by atoms with van der Waals surface area (Å²) in [6, 6.07) is 24.4. The maximum Gasteiger partial charge on any atom is 0.191 e. The molecular formula is C25H20BrN5. The van der Waals surface area contributed by atoms with Gasteiger partial charge in [0.15, 0.2) is 5.41 Å². The summed E-state index contributed by atoms with van der Waals surface area (Å²) in [4.78, 5) is 2.28. The van der Waals surface area contributed by atoms with Crippen molar-refractivity contribution in [3.63, 3.8) is 0 Å². The molecule has 2 aromatic carbocycles. The van der Waals surface area contributed by atoms with Crippen LogP contribution in [0.2, 0.25) is 0 Å². The molecule has 6 heteroatoms. The number of rotatable bonds is 3. The van der Waals surface area contributed by atoms with Crippen LogP contribution in [-0.4, -0.2) is 18.0 Å². The second-order valence-corrected chi connectivity index (χ2v) is 8.83. The molecule has 31 heavy (non-hydrogen) atoms. The van der Waals surface area contributed by atoms with E-state index in [1.54, 1.807) is 0 Å². The van der Waals surface area contributed by atoms with Gasteiger partial charge in [-0.05, 0) is 28.8 Å². The lowest BCUT2D eigenvalue weighted by Gasteiger charge is -2.45. The van der Waals surface area contributed by atoms with E-state index in [0.29, 0.717) is 13.1 Å². The average Bonchev–Trinajstić information content (AvgIpc) is 2.79. The first kappa shape index (κ1) is 20.9. The predicted molar refractivity (Wildman–Crippen MR) is 121 cm³/mol. The summed E-state index contributed by atoms with van der Waals surface area (Å²) in [7, 11) is 0. The highest BCUT2D eigenvalue weighted by molar-refractivity contribution is 9.10. The Hall–Kier alpha value is -3.37. The molecule has 0 spiro atoms. The molecule has 4 rings (SSSR count). The summed E-state index contributed by atoms with van der Waals surface area (Å²) in [6.45, 7) is 2.05. The summed E-state index contributed by atoms with van der Waals surface area (Å²) in [5.41, 5.74) is 7.99. The number of fused-ring (bicyclic) bond motifs is 1. The van der Waals surface area contributed by atoms with Crippen LogP contribution in [0.1, 0.15) is 17.0 Å². The van der Waals surface area contributed by atoms with Crippen LogP contribution in [0, 0.1) is 45.3 Å². The fourth-order valence-electron chi connectivity index (χ4n) is 4.79. The summed E-state index contributed by atoms with van der Waals surface area (Å²) in [5, 5.41) is 30.2. The summed E-state index contributed by atoms with van der Waals surface area (Å²) >= 11 is 3.51. The van der Waals surface area contributed by atoms with Crippen LogP contribution in [0.4, 0.5) is 0 Å². The standard InChI is InChI=1S/C25H20BrN5/c26-19-8-4-7-18(11-19)23-22-14-31(13-17-5-2-1-3-6-17)10-9-20(22)21(12-27)24(30)25(23,15-28)16-29/h1-9,11,22-23H,10,13-14,30H2/t22-,23+/m0/s1. The highest BCUT2D eigenvalue weighted by Crippen LogP contribution is 2.54. The SMILES string of the molecule is N#CC1=C(N)C(C#N)(C#N)[C@H](c2cccc(Br)c2)[C@H]2CN(Cc3ccccc3)CC=C12. The number of nitriles is 3. The molecule has 1 aliphatic carbocycles. The first-order valence-corrected chi connectivity index (χ1v) is 10.8. The van der Waals surface area contributed by atoms with Crippen molar-refractivity contribution in [1.82, 2.24) is 4.90 Å². The normalized spacial score (nSPS) is 22.5. The molecule has 0 saturated heterocycles. The van der Waals surface area contributed by atoms with Crippen LogP contribution in [0.15, 0.2) is 82.0 Å². The van der Waals surface area contributed by atoms with Crippen molar-refractivity contribution in [3.8, 4) is 18.2 Å². The van der Waals surface area contributed by atoms with Crippen molar-refractivity contribution < 1.29 is 0 Å². The number of hydrogen-bond donors (Lipinski definition) is 1. The lowest BCUT2D eigenvalue weighted by Crippen LogP contribution is -2.47. The van der Waals surface area contributed by atoms with Crippen molar-refractivity contribution >= 4 is 15.9 Å². The van der Waals surface area contributed by atoms with Gasteiger partial charge >= 0.3 is 0 Å². The van der Waals surface area contributed by atoms with E-state index < -0.39 is 11.3 Å². The van der Waals surface area contributed by atoms with Crippen molar-refractivity contribution in [2.75, 3.05) is 13.1 Å². The molecule has 2 atom stereocenters. The van der Waals surface area contributed by atoms with Crippen LogP contribution in [-0.2, 0) is 6.54 Å². The lowest BCUT2D eigenvalue weighted by molar-refractivity contribution is 0.201. The zero-order valence-corrected chi connectivity index (χ0v) is 18.4. The molecule has 0 amide bonds. The lowest BCUT2D eigenvalue weighted by atomic mass is 9.58. The number of nitrogens with zero attached hydrogens (tertiary/aromatic N) is 4. The van der Waals surface area contributed by atoms with E-state index in [9.17, 15) is 15.8 Å². The Bertz CT molecular complexity index is 1180. The molecule has 0 aromatic heterocycles. The molecule has 0 saturated carbocycles. The second kappa shape index (κ2) is 8.40. The minimum atomic E-state index is -1.61. The van der Waals surface area contributed by atoms with Gasteiger partial charge in [-0.1, -0.05) is 64.5 Å². The zero-order chi connectivity index (χ0) is 22.0. The Morgan fingerprint density at radius 1 is 1.06 bits per heavy atom.